The molecule has 1 aliphatic heterocycles. The Morgan fingerprint density at radius 1 is 1.30 bits per heavy atom. The molecule has 0 radical (unpaired) electrons. The quantitative estimate of drug-likeness (QED) is 0.767. The topological polar surface area (TPSA) is 75.4 Å². The minimum absolute atomic E-state index is 0.00178. The van der Waals surface area contributed by atoms with E-state index in [0.717, 1.165) is 32.4 Å². The second-order valence-electron chi connectivity index (χ2n) is 6.26. The van der Waals surface area contributed by atoms with E-state index in [0.29, 0.717) is 0 Å². The zero-order valence-corrected chi connectivity index (χ0v) is 13.2. The molecule has 0 aromatic heterocycles. The minimum atomic E-state index is -0.549. The van der Waals surface area contributed by atoms with Crippen molar-refractivity contribution in [1.82, 2.24) is 10.2 Å². The molecule has 1 aliphatic rings. The Morgan fingerprint density at radius 2 is 1.90 bits per heavy atom. The van der Waals surface area contributed by atoms with E-state index in [-0.39, 0.29) is 29.7 Å². The van der Waals surface area contributed by atoms with Crippen molar-refractivity contribution in [2.24, 2.45) is 17.1 Å². The van der Waals surface area contributed by atoms with Crippen molar-refractivity contribution in [2.45, 2.75) is 53.0 Å². The maximum Gasteiger partial charge on any atom is 0.241 e. The molecule has 116 valence electrons. The third-order valence-electron chi connectivity index (χ3n) is 4.73. The molecule has 0 aromatic rings. The van der Waals surface area contributed by atoms with Gasteiger partial charge in [-0.3, -0.25) is 9.59 Å². The van der Waals surface area contributed by atoms with E-state index in [4.69, 9.17) is 5.73 Å². The average molecular weight is 283 g/mol. The fraction of sp³-hybridized carbons (Fsp3) is 0.867. The van der Waals surface area contributed by atoms with Crippen molar-refractivity contribution < 1.29 is 9.59 Å². The number of amides is 2. The highest BCUT2D eigenvalue weighted by molar-refractivity contribution is 5.87. The highest BCUT2D eigenvalue weighted by Gasteiger charge is 2.36. The van der Waals surface area contributed by atoms with Crippen LogP contribution in [0.4, 0.5) is 0 Å². The highest BCUT2D eigenvalue weighted by Crippen LogP contribution is 2.36. The SMILES string of the molecule is CCC1(CC)CCN(C(=O)CNC(=O)[C@@H](N)C(C)C)C1. The summed E-state index contributed by atoms with van der Waals surface area (Å²) in [5.41, 5.74) is 6.02. The number of nitrogens with one attached hydrogen (secondary N) is 1. The summed E-state index contributed by atoms with van der Waals surface area (Å²) < 4.78 is 0. The summed E-state index contributed by atoms with van der Waals surface area (Å²) in [5.74, 6) is -0.174. The fourth-order valence-corrected chi connectivity index (χ4v) is 2.67. The molecule has 1 saturated heterocycles. The van der Waals surface area contributed by atoms with Crippen molar-refractivity contribution in [3.8, 4) is 0 Å². The van der Waals surface area contributed by atoms with Gasteiger partial charge in [-0.15, -0.1) is 0 Å². The number of carbonyl (C=O) groups excluding carboxylic acids is 2. The van der Waals surface area contributed by atoms with Crippen LogP contribution in [0.5, 0.6) is 0 Å². The molecule has 1 atom stereocenters. The maximum absolute atomic E-state index is 12.1. The predicted molar refractivity (Wildman–Crippen MR) is 80.0 cm³/mol. The van der Waals surface area contributed by atoms with Crippen LogP contribution in [0.1, 0.15) is 47.0 Å². The van der Waals surface area contributed by atoms with Gasteiger partial charge in [-0.25, -0.2) is 0 Å². The number of likely N-dealkylation sites (tertiary alicyclic amines) is 1. The number of nitrogens with two attached hydrogens (primary N) is 1. The summed E-state index contributed by atoms with van der Waals surface area (Å²) in [6.07, 6.45) is 3.25. The van der Waals surface area contributed by atoms with E-state index in [9.17, 15) is 9.59 Å². The van der Waals surface area contributed by atoms with Gasteiger partial charge < -0.3 is 16.0 Å². The van der Waals surface area contributed by atoms with Crippen LogP contribution in [0, 0.1) is 11.3 Å². The number of nitrogens with zero attached hydrogens (tertiary/aromatic N) is 1. The smallest absolute Gasteiger partial charge is 0.241 e. The monoisotopic (exact) mass is 283 g/mol. The Balaban J connectivity index is 2.43. The molecule has 1 heterocycles. The number of hydrogen-bond donors (Lipinski definition) is 2. The van der Waals surface area contributed by atoms with Gasteiger partial charge in [0.25, 0.3) is 0 Å². The number of rotatable bonds is 6. The van der Waals surface area contributed by atoms with Gasteiger partial charge in [0.05, 0.1) is 12.6 Å². The molecule has 5 heteroatoms. The largest absolute Gasteiger partial charge is 0.346 e. The highest BCUT2D eigenvalue weighted by atomic mass is 16.2. The van der Waals surface area contributed by atoms with Crippen LogP contribution < -0.4 is 11.1 Å². The average Bonchev–Trinajstić information content (AvgIpc) is 2.88. The van der Waals surface area contributed by atoms with E-state index < -0.39 is 6.04 Å². The van der Waals surface area contributed by atoms with E-state index in [2.05, 4.69) is 19.2 Å². The molecule has 1 fully saturated rings. The lowest BCUT2D eigenvalue weighted by Crippen LogP contribution is -2.47. The molecule has 1 rings (SSSR count). The zero-order valence-electron chi connectivity index (χ0n) is 13.2. The van der Waals surface area contributed by atoms with Crippen molar-refractivity contribution in [1.29, 1.82) is 0 Å². The van der Waals surface area contributed by atoms with Gasteiger partial charge in [-0.2, -0.15) is 0 Å². The fourth-order valence-electron chi connectivity index (χ4n) is 2.67. The molecule has 0 aliphatic carbocycles. The van der Waals surface area contributed by atoms with Crippen molar-refractivity contribution in [2.75, 3.05) is 19.6 Å². The molecule has 0 aromatic carbocycles. The second-order valence-corrected chi connectivity index (χ2v) is 6.26. The Kier molecular flexibility index (Phi) is 5.99. The molecular formula is C15H29N3O2. The van der Waals surface area contributed by atoms with Gasteiger partial charge in [0.2, 0.25) is 11.8 Å². The maximum atomic E-state index is 12.1. The summed E-state index contributed by atoms with van der Waals surface area (Å²) in [7, 11) is 0. The first-order chi connectivity index (χ1) is 9.35. The van der Waals surface area contributed by atoms with Gasteiger partial charge >= 0.3 is 0 Å². The van der Waals surface area contributed by atoms with Gasteiger partial charge in [0, 0.05) is 13.1 Å². The molecule has 0 spiro atoms. The third-order valence-corrected chi connectivity index (χ3v) is 4.73. The molecule has 2 amide bonds. The summed E-state index contributed by atoms with van der Waals surface area (Å²) in [6, 6.07) is -0.549. The normalized spacial score (nSPS) is 19.2. The minimum Gasteiger partial charge on any atom is -0.346 e. The summed E-state index contributed by atoms with van der Waals surface area (Å²) in [4.78, 5) is 25.7. The molecular weight excluding hydrogens is 254 g/mol. The Bertz CT molecular complexity index is 351. The van der Waals surface area contributed by atoms with Gasteiger partial charge in [-0.1, -0.05) is 27.7 Å². The number of hydrogen-bond acceptors (Lipinski definition) is 3. The van der Waals surface area contributed by atoms with Crippen molar-refractivity contribution in [3.05, 3.63) is 0 Å². The molecule has 3 N–H and O–H groups in total. The van der Waals surface area contributed by atoms with Crippen molar-refractivity contribution >= 4 is 11.8 Å². The molecule has 20 heavy (non-hydrogen) atoms. The summed E-state index contributed by atoms with van der Waals surface area (Å²) in [6.45, 7) is 9.81. The first kappa shape index (κ1) is 17.0. The van der Waals surface area contributed by atoms with Gasteiger partial charge in [0.1, 0.15) is 0 Å². The second kappa shape index (κ2) is 7.07. The standard InChI is InChI=1S/C15H29N3O2/c1-5-15(6-2)7-8-18(10-15)12(19)9-17-14(20)13(16)11(3)4/h11,13H,5-10,16H2,1-4H3,(H,17,20)/t13-/m0/s1. The van der Waals surface area contributed by atoms with E-state index in [1.54, 1.807) is 0 Å². The predicted octanol–water partition coefficient (Wildman–Crippen LogP) is 1.12. The molecule has 0 saturated carbocycles. The lowest BCUT2D eigenvalue weighted by Gasteiger charge is -2.26. The zero-order chi connectivity index (χ0) is 15.3. The lowest BCUT2D eigenvalue weighted by atomic mass is 9.82. The molecule has 0 bridgehead atoms. The Labute approximate surface area is 122 Å². The Morgan fingerprint density at radius 3 is 2.35 bits per heavy atom. The van der Waals surface area contributed by atoms with Crippen LogP contribution in [-0.2, 0) is 9.59 Å². The van der Waals surface area contributed by atoms with Gasteiger partial charge in [0.15, 0.2) is 0 Å². The van der Waals surface area contributed by atoms with Crippen LogP contribution in [0.25, 0.3) is 0 Å². The molecule has 5 nitrogen and oxygen atoms in total. The summed E-state index contributed by atoms with van der Waals surface area (Å²) >= 11 is 0. The van der Waals surface area contributed by atoms with E-state index in [1.165, 1.54) is 0 Å². The van der Waals surface area contributed by atoms with Crippen LogP contribution in [0.3, 0.4) is 0 Å². The van der Waals surface area contributed by atoms with Crippen molar-refractivity contribution in [3.63, 3.8) is 0 Å². The first-order valence-corrected chi connectivity index (χ1v) is 7.66. The van der Waals surface area contributed by atoms with E-state index >= 15 is 0 Å². The first-order valence-electron chi connectivity index (χ1n) is 7.66. The van der Waals surface area contributed by atoms with E-state index in [1.807, 2.05) is 18.7 Å². The van der Waals surface area contributed by atoms with Crippen LogP contribution in [-0.4, -0.2) is 42.4 Å². The lowest BCUT2D eigenvalue weighted by molar-refractivity contribution is -0.132. The number of carbonyl (C=O) groups is 2. The third kappa shape index (κ3) is 3.95. The van der Waals surface area contributed by atoms with Gasteiger partial charge in [-0.05, 0) is 30.6 Å². The molecule has 0 unspecified atom stereocenters. The van der Waals surface area contributed by atoms with Crippen LogP contribution >= 0.6 is 0 Å². The summed E-state index contributed by atoms with van der Waals surface area (Å²) in [5, 5.41) is 2.65. The van der Waals surface area contributed by atoms with Crippen LogP contribution in [0.2, 0.25) is 0 Å². The van der Waals surface area contributed by atoms with Crippen LogP contribution in [0.15, 0.2) is 0 Å². The Hall–Kier alpha value is -1.10.